The summed E-state index contributed by atoms with van der Waals surface area (Å²) in [6.45, 7) is 2.15. The Kier molecular flexibility index (Phi) is 7.86. The van der Waals surface area contributed by atoms with Crippen molar-refractivity contribution >= 4 is 41.7 Å². The van der Waals surface area contributed by atoms with Crippen molar-refractivity contribution in [3.63, 3.8) is 0 Å². The number of nitrogens with one attached hydrogen (secondary N) is 1. The second-order valence-corrected chi connectivity index (χ2v) is 8.83. The largest absolute Gasteiger partial charge is 0.373 e. The summed E-state index contributed by atoms with van der Waals surface area (Å²) in [6.07, 6.45) is 7.64. The fourth-order valence-electron chi connectivity index (χ4n) is 4.93. The molecule has 5 rings (SSSR count). The minimum Gasteiger partial charge on any atom is -0.373 e. The average Bonchev–Trinajstić information content (AvgIpc) is 3.06. The summed E-state index contributed by atoms with van der Waals surface area (Å²) >= 11 is 0. The van der Waals surface area contributed by atoms with E-state index in [2.05, 4.69) is 70.9 Å². The SMILES string of the molecule is Cl.O=C(NCCN1CCCCC1=C1c2ccccc2C=Cc2ccccc21)c1ccc([N+](=O)[O-])cc1. The lowest BCUT2D eigenvalue weighted by Crippen LogP contribution is -2.37. The molecular formula is C29H28ClN3O3. The smallest absolute Gasteiger partial charge is 0.269 e. The predicted octanol–water partition coefficient (Wildman–Crippen LogP) is 6.18. The average molecular weight is 502 g/mol. The molecule has 1 aliphatic heterocycles. The molecule has 36 heavy (non-hydrogen) atoms. The van der Waals surface area contributed by atoms with Crippen LogP contribution in [0.3, 0.4) is 0 Å². The number of nitrogens with zero attached hydrogens (tertiary/aromatic N) is 2. The van der Waals surface area contributed by atoms with E-state index >= 15 is 0 Å². The number of halogens is 1. The van der Waals surface area contributed by atoms with E-state index in [0.29, 0.717) is 18.7 Å². The Labute approximate surface area is 216 Å². The summed E-state index contributed by atoms with van der Waals surface area (Å²) in [5, 5.41) is 13.8. The highest BCUT2D eigenvalue weighted by Gasteiger charge is 2.24. The van der Waals surface area contributed by atoms with Crippen LogP contribution in [-0.4, -0.2) is 35.4 Å². The Morgan fingerprint density at radius 2 is 1.50 bits per heavy atom. The van der Waals surface area contributed by atoms with Crippen molar-refractivity contribution in [2.45, 2.75) is 19.3 Å². The molecule has 0 unspecified atom stereocenters. The lowest BCUT2D eigenvalue weighted by molar-refractivity contribution is -0.384. The van der Waals surface area contributed by atoms with Crippen molar-refractivity contribution < 1.29 is 9.72 Å². The van der Waals surface area contributed by atoms with E-state index in [1.54, 1.807) is 0 Å². The van der Waals surface area contributed by atoms with Gasteiger partial charge in [-0.05, 0) is 53.6 Å². The van der Waals surface area contributed by atoms with Gasteiger partial charge in [0.2, 0.25) is 0 Å². The maximum absolute atomic E-state index is 12.6. The van der Waals surface area contributed by atoms with Gasteiger partial charge in [0.15, 0.2) is 0 Å². The molecule has 3 aromatic rings. The molecule has 1 amide bonds. The van der Waals surface area contributed by atoms with Gasteiger partial charge in [0.05, 0.1) is 4.92 Å². The standard InChI is InChI=1S/C29H27N3O3.ClH/c33-29(23-14-16-24(17-15-23)32(34)35)30-18-20-31-19-6-5-11-27(31)28-25-9-3-1-7-21(25)12-13-22-8-2-4-10-26(22)28;/h1-4,7-10,12-17H,5-6,11,18-20H2,(H,30,33);1H. The quantitative estimate of drug-likeness (QED) is 0.262. The van der Waals surface area contributed by atoms with Crippen LogP contribution < -0.4 is 5.32 Å². The van der Waals surface area contributed by atoms with Crippen LogP contribution in [-0.2, 0) is 0 Å². The van der Waals surface area contributed by atoms with Crippen molar-refractivity contribution in [3.05, 3.63) is 116 Å². The number of nitro benzene ring substituents is 1. The van der Waals surface area contributed by atoms with Gasteiger partial charge >= 0.3 is 0 Å². The number of likely N-dealkylation sites (tertiary alicyclic amines) is 1. The molecule has 6 nitrogen and oxygen atoms in total. The molecule has 0 aromatic heterocycles. The highest BCUT2D eigenvalue weighted by molar-refractivity contribution is 5.95. The molecule has 1 saturated heterocycles. The second-order valence-electron chi connectivity index (χ2n) is 8.83. The summed E-state index contributed by atoms with van der Waals surface area (Å²) in [5.74, 6) is -0.222. The normalized spacial score (nSPS) is 14.3. The maximum atomic E-state index is 12.6. The molecule has 0 radical (unpaired) electrons. The Balaban J connectivity index is 0.00000304. The first-order chi connectivity index (χ1) is 17.1. The number of piperidine rings is 1. The first kappa shape index (κ1) is 25.2. The number of carbonyl (C=O) groups is 1. The number of rotatable bonds is 5. The van der Waals surface area contributed by atoms with E-state index < -0.39 is 4.92 Å². The number of carbonyl (C=O) groups excluding carboxylic acids is 1. The molecule has 1 aliphatic carbocycles. The summed E-state index contributed by atoms with van der Waals surface area (Å²) < 4.78 is 0. The maximum Gasteiger partial charge on any atom is 0.269 e. The number of hydrogen-bond acceptors (Lipinski definition) is 4. The molecule has 7 heteroatoms. The third-order valence-corrected chi connectivity index (χ3v) is 6.67. The summed E-state index contributed by atoms with van der Waals surface area (Å²) in [4.78, 5) is 25.4. The monoisotopic (exact) mass is 501 g/mol. The van der Waals surface area contributed by atoms with Crippen LogP contribution in [0.5, 0.6) is 0 Å². The molecule has 1 N–H and O–H groups in total. The first-order valence-corrected chi connectivity index (χ1v) is 12.0. The van der Waals surface area contributed by atoms with Gasteiger partial charge in [-0.2, -0.15) is 0 Å². The molecule has 0 spiro atoms. The van der Waals surface area contributed by atoms with Crippen molar-refractivity contribution in [2.75, 3.05) is 19.6 Å². The van der Waals surface area contributed by atoms with Crippen molar-refractivity contribution in [2.24, 2.45) is 0 Å². The summed E-state index contributed by atoms with van der Waals surface area (Å²) in [5.41, 5.74) is 7.91. The molecule has 0 atom stereocenters. The molecule has 0 saturated carbocycles. The van der Waals surface area contributed by atoms with Crippen molar-refractivity contribution in [1.82, 2.24) is 10.2 Å². The molecule has 0 bridgehead atoms. The van der Waals surface area contributed by atoms with Crippen LogP contribution in [0, 0.1) is 10.1 Å². The fourth-order valence-corrected chi connectivity index (χ4v) is 4.93. The predicted molar refractivity (Wildman–Crippen MR) is 146 cm³/mol. The molecule has 3 aromatic carbocycles. The van der Waals surface area contributed by atoms with Crippen molar-refractivity contribution in [1.29, 1.82) is 0 Å². The van der Waals surface area contributed by atoms with Crippen LogP contribution >= 0.6 is 12.4 Å². The van der Waals surface area contributed by atoms with Gasteiger partial charge in [0, 0.05) is 48.6 Å². The lowest BCUT2D eigenvalue weighted by atomic mass is 9.89. The Bertz CT molecular complexity index is 1280. The Hall–Kier alpha value is -3.90. The second kappa shape index (κ2) is 11.2. The minimum atomic E-state index is -0.466. The number of non-ortho nitro benzene ring substituents is 1. The van der Waals surface area contributed by atoms with Crippen LogP contribution in [0.1, 0.15) is 51.9 Å². The van der Waals surface area contributed by atoms with Crippen LogP contribution in [0.15, 0.2) is 78.5 Å². The van der Waals surface area contributed by atoms with E-state index in [-0.39, 0.29) is 24.0 Å². The fraction of sp³-hybridized carbons (Fsp3) is 0.207. The van der Waals surface area contributed by atoms with Gasteiger partial charge in [-0.3, -0.25) is 14.9 Å². The van der Waals surface area contributed by atoms with Gasteiger partial charge in [-0.15, -0.1) is 12.4 Å². The molecule has 1 fully saturated rings. The first-order valence-electron chi connectivity index (χ1n) is 12.0. The van der Waals surface area contributed by atoms with Gasteiger partial charge in [0.1, 0.15) is 0 Å². The number of benzene rings is 3. The van der Waals surface area contributed by atoms with E-state index in [1.165, 1.54) is 57.8 Å². The van der Waals surface area contributed by atoms with Crippen LogP contribution in [0.2, 0.25) is 0 Å². The number of allylic oxidation sites excluding steroid dienone is 1. The van der Waals surface area contributed by atoms with E-state index in [9.17, 15) is 14.9 Å². The topological polar surface area (TPSA) is 75.5 Å². The third kappa shape index (κ3) is 5.19. The highest BCUT2D eigenvalue weighted by atomic mass is 35.5. The zero-order chi connectivity index (χ0) is 24.2. The third-order valence-electron chi connectivity index (χ3n) is 6.67. The number of nitro groups is 1. The van der Waals surface area contributed by atoms with Gasteiger partial charge in [-0.1, -0.05) is 60.7 Å². The summed E-state index contributed by atoms with van der Waals surface area (Å²) in [6, 6.07) is 22.8. The number of fused-ring (bicyclic) bond motifs is 2. The minimum absolute atomic E-state index is 0. The van der Waals surface area contributed by atoms with E-state index in [4.69, 9.17) is 0 Å². The lowest BCUT2D eigenvalue weighted by Gasteiger charge is -2.34. The van der Waals surface area contributed by atoms with E-state index in [0.717, 1.165) is 25.8 Å². The molecule has 2 aliphatic rings. The molecular weight excluding hydrogens is 474 g/mol. The number of amides is 1. The van der Waals surface area contributed by atoms with Crippen molar-refractivity contribution in [3.8, 4) is 0 Å². The zero-order valence-corrected chi connectivity index (χ0v) is 20.7. The molecule has 184 valence electrons. The van der Waals surface area contributed by atoms with Gasteiger partial charge < -0.3 is 10.2 Å². The Morgan fingerprint density at radius 3 is 2.11 bits per heavy atom. The van der Waals surface area contributed by atoms with Gasteiger partial charge in [0.25, 0.3) is 11.6 Å². The van der Waals surface area contributed by atoms with Crippen LogP contribution in [0.25, 0.3) is 17.7 Å². The van der Waals surface area contributed by atoms with E-state index in [1.807, 2.05) is 0 Å². The zero-order valence-electron chi connectivity index (χ0n) is 19.9. The Morgan fingerprint density at radius 1 is 0.889 bits per heavy atom. The van der Waals surface area contributed by atoms with Crippen LogP contribution in [0.4, 0.5) is 5.69 Å². The summed E-state index contributed by atoms with van der Waals surface area (Å²) in [7, 11) is 0. The highest BCUT2D eigenvalue weighted by Crippen LogP contribution is 2.39. The van der Waals surface area contributed by atoms with Gasteiger partial charge in [-0.25, -0.2) is 0 Å². The molecule has 1 heterocycles. The number of hydrogen-bond donors (Lipinski definition) is 1.